The third-order valence-corrected chi connectivity index (χ3v) is 7.67. The number of anilines is 3. The van der Waals surface area contributed by atoms with E-state index in [0.29, 0.717) is 24.6 Å². The van der Waals surface area contributed by atoms with Crippen molar-refractivity contribution in [3.63, 3.8) is 0 Å². The van der Waals surface area contributed by atoms with Gasteiger partial charge in [-0.05, 0) is 82.7 Å². The van der Waals surface area contributed by atoms with Gasteiger partial charge in [-0.2, -0.15) is 9.97 Å². The second-order valence-electron chi connectivity index (χ2n) is 11.7. The number of primary amides is 2. The largest absolute Gasteiger partial charge is 0.393 e. The van der Waals surface area contributed by atoms with Crippen LogP contribution in [0.5, 0.6) is 0 Å². The highest BCUT2D eigenvalue weighted by Crippen LogP contribution is 2.28. The molecule has 13 nitrogen and oxygen atoms in total. The molecule has 2 amide bonds. The standard InChI is InChI=1S/C16H27N5O2.C12H17ClN4O2/c1-9-5-6-10(7-12(9)22)19-14-11(13(17)23)8-18-15(20-14)21-16(2,3)4;1-6-2-3-7(4-9(6)18)16-11-8(10(14)19)5-15-12(13)17-11/h8-10,12,22H,5-7H2,1-4H3,(H2,17,23)(H2,18,19,20,21);5-7,9,18H,2-4H2,1H3,(H2,14,19)(H,15,16,17)/t9-,10-,12-;6-,7-,9-/m11/s1/i2D3;. The van der Waals surface area contributed by atoms with Crippen LogP contribution in [-0.2, 0) is 0 Å². The number of amides is 2. The maximum absolute atomic E-state index is 11.7. The van der Waals surface area contributed by atoms with E-state index >= 15 is 0 Å². The molecule has 2 aromatic rings. The minimum atomic E-state index is -2.27. The number of carbonyl (C=O) groups excluding carboxylic acids is 2. The molecule has 2 heterocycles. The van der Waals surface area contributed by atoms with Crippen LogP contribution in [-0.4, -0.2) is 71.8 Å². The molecule has 2 aliphatic rings. The van der Waals surface area contributed by atoms with Crippen molar-refractivity contribution in [2.24, 2.45) is 23.3 Å². The monoisotopic (exact) mass is 608 g/mol. The van der Waals surface area contributed by atoms with Gasteiger partial charge >= 0.3 is 0 Å². The minimum Gasteiger partial charge on any atom is -0.393 e. The first-order valence-electron chi connectivity index (χ1n) is 15.5. The summed E-state index contributed by atoms with van der Waals surface area (Å²) in [6.45, 7) is 4.81. The highest BCUT2D eigenvalue weighted by Gasteiger charge is 2.28. The zero-order valence-corrected chi connectivity index (χ0v) is 25.1. The summed E-state index contributed by atoms with van der Waals surface area (Å²) in [5, 5.41) is 29.1. The number of carbonyl (C=O) groups is 2. The highest BCUT2D eigenvalue weighted by molar-refractivity contribution is 6.28. The molecule has 0 bridgehead atoms. The van der Waals surface area contributed by atoms with Crippen molar-refractivity contribution in [2.45, 2.75) is 103 Å². The number of nitrogens with one attached hydrogen (secondary N) is 3. The SMILES string of the molecule is C[C@@H]1CC[C@@H](Nc2nc(Cl)ncc2C(N)=O)C[C@H]1O.[2H]C([2H])([2H])C(C)(C)Nc1ncc(C(N)=O)c(N[C@@H]2CC[C@@H](C)[C@H](O)C2)n1. The van der Waals surface area contributed by atoms with Gasteiger partial charge in [-0.3, -0.25) is 9.59 Å². The van der Waals surface area contributed by atoms with Crippen LogP contribution in [0.15, 0.2) is 12.4 Å². The third kappa shape index (κ3) is 9.63. The zero-order valence-electron chi connectivity index (χ0n) is 27.4. The Bertz CT molecular complexity index is 1350. The molecule has 4 rings (SSSR count). The Labute approximate surface area is 255 Å². The fourth-order valence-electron chi connectivity index (χ4n) is 4.91. The Morgan fingerprint density at radius 3 is 1.83 bits per heavy atom. The molecule has 0 aromatic carbocycles. The molecule has 0 unspecified atom stereocenters. The molecule has 2 aromatic heterocycles. The van der Waals surface area contributed by atoms with Crippen LogP contribution in [0, 0.1) is 11.8 Å². The summed E-state index contributed by atoms with van der Waals surface area (Å²) in [6, 6.07) is -0.00653. The van der Waals surface area contributed by atoms with E-state index in [2.05, 4.69) is 35.9 Å². The van der Waals surface area contributed by atoms with Crippen molar-refractivity contribution in [1.29, 1.82) is 0 Å². The van der Waals surface area contributed by atoms with Crippen LogP contribution < -0.4 is 27.4 Å². The number of hydrogen-bond donors (Lipinski definition) is 7. The summed E-state index contributed by atoms with van der Waals surface area (Å²) in [5.41, 5.74) is 9.74. The van der Waals surface area contributed by atoms with Crippen LogP contribution in [0.1, 0.15) is 97.9 Å². The van der Waals surface area contributed by atoms with Gasteiger partial charge in [0, 0.05) is 34.1 Å². The van der Waals surface area contributed by atoms with Crippen molar-refractivity contribution < 1.29 is 23.9 Å². The Morgan fingerprint density at radius 1 is 0.905 bits per heavy atom. The van der Waals surface area contributed by atoms with E-state index < -0.39 is 30.3 Å². The Hall–Kier alpha value is -3.29. The number of nitrogens with zero attached hydrogens (tertiary/aromatic N) is 4. The van der Waals surface area contributed by atoms with Gasteiger partial charge in [-0.1, -0.05) is 13.8 Å². The summed E-state index contributed by atoms with van der Waals surface area (Å²) in [7, 11) is 0. The lowest BCUT2D eigenvalue weighted by atomic mass is 9.85. The molecule has 0 saturated heterocycles. The van der Waals surface area contributed by atoms with Crippen LogP contribution >= 0.6 is 11.6 Å². The second-order valence-corrected chi connectivity index (χ2v) is 12.1. The molecule has 0 radical (unpaired) electrons. The first kappa shape index (κ1) is 28.8. The summed E-state index contributed by atoms with van der Waals surface area (Å²) >= 11 is 5.73. The fourth-order valence-corrected chi connectivity index (χ4v) is 5.04. The number of hydrogen-bond acceptors (Lipinski definition) is 11. The Balaban J connectivity index is 0.000000257. The third-order valence-electron chi connectivity index (χ3n) is 7.49. The maximum Gasteiger partial charge on any atom is 0.254 e. The van der Waals surface area contributed by atoms with Gasteiger partial charge < -0.3 is 37.6 Å². The highest BCUT2D eigenvalue weighted by atomic mass is 35.5. The number of aliphatic hydroxyl groups excluding tert-OH is 2. The van der Waals surface area contributed by atoms with Gasteiger partial charge in [0.05, 0.1) is 23.3 Å². The number of nitrogens with two attached hydrogens (primary N) is 2. The molecule has 42 heavy (non-hydrogen) atoms. The van der Waals surface area contributed by atoms with Crippen molar-refractivity contribution >= 4 is 41.0 Å². The Morgan fingerprint density at radius 2 is 1.38 bits per heavy atom. The Kier molecular flexibility index (Phi) is 9.78. The van der Waals surface area contributed by atoms with Crippen LogP contribution in [0.4, 0.5) is 17.6 Å². The summed E-state index contributed by atoms with van der Waals surface area (Å²) in [4.78, 5) is 39.0. The van der Waals surface area contributed by atoms with Crippen molar-refractivity contribution in [3.8, 4) is 0 Å². The normalized spacial score (nSPS) is 27.3. The van der Waals surface area contributed by atoms with Gasteiger partial charge in [-0.15, -0.1) is 0 Å². The maximum atomic E-state index is 11.7. The topological polar surface area (TPSA) is 214 Å². The molecule has 2 aliphatic carbocycles. The molecule has 2 saturated carbocycles. The van der Waals surface area contributed by atoms with E-state index in [9.17, 15) is 19.8 Å². The van der Waals surface area contributed by atoms with E-state index in [1.165, 1.54) is 26.2 Å². The van der Waals surface area contributed by atoms with E-state index in [-0.39, 0.29) is 52.3 Å². The lowest BCUT2D eigenvalue weighted by molar-refractivity contribution is 0.0737. The average Bonchev–Trinajstić information content (AvgIpc) is 2.92. The second kappa shape index (κ2) is 14.3. The molecular weight excluding hydrogens is 562 g/mol. The molecule has 6 atom stereocenters. The van der Waals surface area contributed by atoms with E-state index in [0.717, 1.165) is 25.7 Å². The molecular formula is C28H44ClN9O4. The van der Waals surface area contributed by atoms with Crippen molar-refractivity contribution in [3.05, 3.63) is 28.8 Å². The first-order chi connectivity index (χ1) is 20.9. The van der Waals surface area contributed by atoms with Gasteiger partial charge in [0.2, 0.25) is 11.2 Å². The molecule has 0 spiro atoms. The number of aromatic nitrogens is 4. The molecule has 0 aliphatic heterocycles. The fraction of sp³-hybridized carbons (Fsp3) is 0.643. The van der Waals surface area contributed by atoms with E-state index in [1.54, 1.807) is 0 Å². The van der Waals surface area contributed by atoms with Crippen molar-refractivity contribution in [2.75, 3.05) is 16.0 Å². The minimum absolute atomic E-state index is 0.0512. The molecule has 2 fully saturated rings. The predicted molar refractivity (Wildman–Crippen MR) is 162 cm³/mol. The first-order valence-corrected chi connectivity index (χ1v) is 14.4. The number of rotatable bonds is 7. The van der Waals surface area contributed by atoms with Crippen molar-refractivity contribution in [1.82, 2.24) is 19.9 Å². The molecule has 232 valence electrons. The average molecular weight is 609 g/mol. The van der Waals surface area contributed by atoms with Crippen LogP contribution in [0.3, 0.4) is 0 Å². The van der Waals surface area contributed by atoms with E-state index in [1.807, 2.05) is 13.8 Å². The summed E-state index contributed by atoms with van der Waals surface area (Å²) < 4.78 is 22.8. The van der Waals surface area contributed by atoms with Gasteiger partial charge in [0.1, 0.15) is 11.6 Å². The van der Waals surface area contributed by atoms with Crippen LogP contribution in [0.25, 0.3) is 0 Å². The van der Waals surface area contributed by atoms with Crippen LogP contribution in [0.2, 0.25) is 5.28 Å². The smallest absolute Gasteiger partial charge is 0.254 e. The quantitative estimate of drug-likeness (QED) is 0.227. The lowest BCUT2D eigenvalue weighted by Gasteiger charge is -2.32. The van der Waals surface area contributed by atoms with Gasteiger partial charge in [0.15, 0.2) is 0 Å². The van der Waals surface area contributed by atoms with Gasteiger partial charge in [-0.25, -0.2) is 9.97 Å². The molecule has 9 N–H and O–H groups in total. The van der Waals surface area contributed by atoms with Gasteiger partial charge in [0.25, 0.3) is 11.8 Å². The van der Waals surface area contributed by atoms with E-state index in [4.69, 9.17) is 27.2 Å². The summed E-state index contributed by atoms with van der Waals surface area (Å²) in [6.07, 6.45) is 6.46. The predicted octanol–water partition coefficient (Wildman–Crippen LogP) is 2.94. The lowest BCUT2D eigenvalue weighted by Crippen LogP contribution is -2.36. The summed E-state index contributed by atoms with van der Waals surface area (Å²) in [5.74, 6) is -0.109. The molecule has 14 heteroatoms. The number of halogens is 1. The zero-order chi connectivity index (χ0) is 33.7. The number of aliphatic hydroxyl groups is 2.